The van der Waals surface area contributed by atoms with Gasteiger partial charge < -0.3 is 34.4 Å². The smallest absolute Gasteiger partial charge is 0.329 e. The predicted octanol–water partition coefficient (Wildman–Crippen LogP) is 7.42. The van der Waals surface area contributed by atoms with E-state index >= 15 is 0 Å². The molecular weight excluding hydrogens is 803 g/mol. The van der Waals surface area contributed by atoms with Gasteiger partial charge in [0.2, 0.25) is 5.79 Å². The molecule has 15 atom stereocenters. The Hall–Kier alpha value is -3.29. The first-order chi connectivity index (χ1) is 29.7. The lowest BCUT2D eigenvalue weighted by atomic mass is 9.75. The van der Waals surface area contributed by atoms with Crippen molar-refractivity contribution in [3.05, 3.63) is 47.6 Å². The molecule has 12 nitrogen and oxygen atoms in total. The van der Waals surface area contributed by atoms with E-state index in [1.165, 1.54) is 4.90 Å². The number of aliphatic hydroxyl groups is 3. The fourth-order valence-corrected chi connectivity index (χ4v) is 10.2. The topological polar surface area (TPSA) is 177 Å². The number of rotatable bonds is 4. The van der Waals surface area contributed by atoms with Gasteiger partial charge in [-0.25, -0.2) is 4.79 Å². The van der Waals surface area contributed by atoms with Crippen LogP contribution in [0.4, 0.5) is 0 Å². The van der Waals surface area contributed by atoms with Gasteiger partial charge in [0.15, 0.2) is 0 Å². The van der Waals surface area contributed by atoms with Crippen LogP contribution in [0.2, 0.25) is 0 Å². The minimum atomic E-state index is -2.41. The molecule has 0 radical (unpaired) electrons. The number of hydrogen-bond acceptors (Lipinski definition) is 11. The van der Waals surface area contributed by atoms with Crippen molar-refractivity contribution in [1.29, 1.82) is 0 Å². The molecule has 2 saturated heterocycles. The number of amides is 1. The molecule has 3 aliphatic heterocycles. The predicted molar refractivity (Wildman–Crippen MR) is 242 cm³/mol. The Kier molecular flexibility index (Phi) is 19.7. The molecular formula is C51H79NO11. The highest BCUT2D eigenvalue weighted by molar-refractivity contribution is 6.39. The summed E-state index contributed by atoms with van der Waals surface area (Å²) in [5.74, 6) is -7.70. The molecule has 3 fully saturated rings. The number of nitrogens with zero attached hydrogens (tertiary/aromatic N) is 1. The number of ether oxygens (including phenoxy) is 3. The van der Waals surface area contributed by atoms with Crippen molar-refractivity contribution in [2.75, 3.05) is 13.7 Å². The summed E-state index contributed by atoms with van der Waals surface area (Å²) in [6, 6.07) is -1.10. The van der Waals surface area contributed by atoms with Crippen LogP contribution in [-0.4, -0.2) is 105 Å². The maximum absolute atomic E-state index is 14.3. The summed E-state index contributed by atoms with van der Waals surface area (Å²) in [4.78, 5) is 71.5. The van der Waals surface area contributed by atoms with Gasteiger partial charge >= 0.3 is 5.97 Å². The Bertz CT molecular complexity index is 1720. The quantitative estimate of drug-likeness (QED) is 0.146. The van der Waals surface area contributed by atoms with Crippen LogP contribution in [0.15, 0.2) is 47.6 Å². The van der Waals surface area contributed by atoms with E-state index in [4.69, 9.17) is 14.2 Å². The lowest BCUT2D eigenvalue weighted by molar-refractivity contribution is -0.265. The summed E-state index contributed by atoms with van der Waals surface area (Å²) >= 11 is 0. The third-order valence-electron chi connectivity index (χ3n) is 14.6. The molecule has 354 valence electrons. The van der Waals surface area contributed by atoms with Gasteiger partial charge in [-0.15, -0.1) is 0 Å². The molecule has 1 amide bonds. The Morgan fingerprint density at radius 2 is 1.59 bits per heavy atom. The molecule has 0 aromatic heterocycles. The maximum atomic E-state index is 14.3. The Morgan fingerprint density at radius 3 is 2.27 bits per heavy atom. The highest BCUT2D eigenvalue weighted by Crippen LogP contribution is 2.38. The zero-order valence-corrected chi connectivity index (χ0v) is 39.8. The summed E-state index contributed by atoms with van der Waals surface area (Å²) in [7, 11) is 1.59. The summed E-state index contributed by atoms with van der Waals surface area (Å²) in [5, 5.41) is 33.7. The second-order valence-electron chi connectivity index (χ2n) is 19.9. The fourth-order valence-electron chi connectivity index (χ4n) is 10.2. The van der Waals surface area contributed by atoms with Crippen molar-refractivity contribution in [1.82, 2.24) is 4.90 Å². The zero-order valence-electron chi connectivity index (χ0n) is 39.8. The van der Waals surface area contributed by atoms with Gasteiger partial charge in [-0.2, -0.15) is 0 Å². The monoisotopic (exact) mass is 882 g/mol. The number of hydrogen-bond donors (Lipinski definition) is 3. The van der Waals surface area contributed by atoms with E-state index in [0.29, 0.717) is 56.9 Å². The van der Waals surface area contributed by atoms with Crippen LogP contribution >= 0.6 is 0 Å². The van der Waals surface area contributed by atoms with Crippen molar-refractivity contribution >= 4 is 29.2 Å². The van der Waals surface area contributed by atoms with Crippen LogP contribution in [0.3, 0.4) is 0 Å². The van der Waals surface area contributed by atoms with Gasteiger partial charge in [0.05, 0.1) is 24.4 Å². The molecule has 63 heavy (non-hydrogen) atoms. The van der Waals surface area contributed by atoms with Gasteiger partial charge in [-0.05, 0) is 113 Å². The number of fused-ring (bicyclic) bond motifs is 3. The number of carbonyl (C=O) groups excluding carboxylic acids is 5. The van der Waals surface area contributed by atoms with E-state index in [2.05, 4.69) is 0 Å². The number of esters is 1. The fraction of sp³-hybridized carbons (Fsp3) is 0.745. The number of Topliss-reactive ketones (excluding diaryl/α,β-unsaturated/α-hetero) is 3. The standard InChI is InChI=1S/C51H79NO11/c1-30-16-12-11-13-17-31(2)44(61-10)28-40-21-19-37(8)51(60,63-40)48(57)49(58)52-23-15-14-18-41(52)50(59)62-45(34(5)27-39-20-22-42(53)33(4)26-39)29-43(54)32(3)25-36(7)47(56)38(9)46(55)35(6)24-30/h11-13,16-17,25,30,32-35,37-42,44-45,47,53,56,60H,14-15,18-24,26-29H2,1-10H3/b13-11+,16-12+,31-17+,36-25+/t30-,32-,33-,34-,35-,37-,38+,39-,40+,41?,42-,44+,45+,47+,51-/m1/s1. The van der Waals surface area contributed by atoms with Crippen LogP contribution in [0.25, 0.3) is 0 Å². The number of aliphatic hydroxyl groups excluding tert-OH is 2. The van der Waals surface area contributed by atoms with Crippen LogP contribution in [0, 0.1) is 47.3 Å². The summed E-state index contributed by atoms with van der Waals surface area (Å²) in [5.41, 5.74) is 1.40. The van der Waals surface area contributed by atoms with Crippen molar-refractivity contribution in [3.63, 3.8) is 0 Å². The van der Waals surface area contributed by atoms with Crippen LogP contribution in [-0.2, 0) is 38.2 Å². The van der Waals surface area contributed by atoms with Crippen LogP contribution in [0.5, 0.6) is 0 Å². The third kappa shape index (κ3) is 13.9. The van der Waals surface area contributed by atoms with Crippen molar-refractivity contribution in [2.45, 2.75) is 182 Å². The lowest BCUT2D eigenvalue weighted by Gasteiger charge is -2.42. The zero-order chi connectivity index (χ0) is 46.8. The van der Waals surface area contributed by atoms with E-state index in [-0.39, 0.29) is 66.6 Å². The lowest BCUT2D eigenvalue weighted by Crippen LogP contribution is -2.61. The van der Waals surface area contributed by atoms with Gasteiger partial charge in [0.1, 0.15) is 23.7 Å². The van der Waals surface area contributed by atoms with Crippen molar-refractivity contribution < 1.29 is 53.5 Å². The average Bonchev–Trinajstić information content (AvgIpc) is 3.25. The third-order valence-corrected chi connectivity index (χ3v) is 14.6. The molecule has 0 aromatic rings. The molecule has 0 spiro atoms. The molecule has 3 N–H and O–H groups in total. The van der Waals surface area contributed by atoms with E-state index in [1.54, 1.807) is 40.9 Å². The molecule has 4 aliphatic rings. The Labute approximate surface area is 376 Å². The minimum absolute atomic E-state index is 0.0599. The Balaban J connectivity index is 1.68. The molecule has 12 heteroatoms. The molecule has 1 unspecified atom stereocenters. The van der Waals surface area contributed by atoms with Gasteiger partial charge in [0, 0.05) is 50.2 Å². The number of methoxy groups -OCH3 is 1. The first kappa shape index (κ1) is 52.3. The average molecular weight is 882 g/mol. The molecule has 2 bridgehead atoms. The number of allylic oxidation sites excluding steroid dienone is 6. The number of carbonyl (C=O) groups is 5. The SMILES string of the molecule is CO[C@H]1C[C@@H]2CC[C@@H](C)[C@@](O)(O2)C(=O)C(=O)N2CCCCC2C(=O)O[C@H]([C@H](C)C[C@@H]2CC[C@@H](O)[C@H](C)C2)CC(=O)[C@H](C)/C=C(\C)[C@H](O)[C@@H](C)C(=O)[C@H](C)C[C@H](C)/C=C/C=C/C=C/1C. The highest BCUT2D eigenvalue weighted by Gasteiger charge is 2.53. The number of ketones is 3. The molecule has 0 aromatic carbocycles. The summed E-state index contributed by atoms with van der Waals surface area (Å²) in [6.07, 6.45) is 14.2. The van der Waals surface area contributed by atoms with Crippen LogP contribution < -0.4 is 0 Å². The molecule has 3 heterocycles. The molecule has 1 aliphatic carbocycles. The first-order valence-electron chi connectivity index (χ1n) is 23.8. The van der Waals surface area contributed by atoms with E-state index in [9.17, 15) is 39.3 Å². The summed E-state index contributed by atoms with van der Waals surface area (Å²) in [6.45, 7) is 16.8. The van der Waals surface area contributed by atoms with Gasteiger partial charge in [-0.1, -0.05) is 84.9 Å². The summed E-state index contributed by atoms with van der Waals surface area (Å²) < 4.78 is 18.3. The Morgan fingerprint density at radius 1 is 0.873 bits per heavy atom. The van der Waals surface area contributed by atoms with Gasteiger partial charge in [0.25, 0.3) is 11.7 Å². The second-order valence-corrected chi connectivity index (χ2v) is 19.9. The van der Waals surface area contributed by atoms with E-state index in [0.717, 1.165) is 18.4 Å². The maximum Gasteiger partial charge on any atom is 0.329 e. The minimum Gasteiger partial charge on any atom is -0.460 e. The van der Waals surface area contributed by atoms with Crippen molar-refractivity contribution in [2.24, 2.45) is 47.3 Å². The number of cyclic esters (lactones) is 1. The van der Waals surface area contributed by atoms with E-state index < -0.39 is 71.7 Å². The highest BCUT2D eigenvalue weighted by atomic mass is 16.6. The van der Waals surface area contributed by atoms with Crippen molar-refractivity contribution in [3.8, 4) is 0 Å². The second kappa shape index (κ2) is 23.8. The van der Waals surface area contributed by atoms with E-state index in [1.807, 2.05) is 65.0 Å². The van der Waals surface area contributed by atoms with Crippen LogP contribution in [0.1, 0.15) is 139 Å². The largest absolute Gasteiger partial charge is 0.460 e. The molecule has 4 rings (SSSR count). The van der Waals surface area contributed by atoms with Gasteiger partial charge in [-0.3, -0.25) is 19.2 Å². The molecule has 1 saturated carbocycles. The normalized spacial score (nSPS) is 41.3. The first-order valence-corrected chi connectivity index (χ1v) is 23.8. The number of piperidine rings is 1.